The number of pyridine rings is 1. The molecule has 1 N–H and O–H groups in total. The number of aromatic nitrogens is 1. The number of aryl methyl sites for hydroxylation is 1. The van der Waals surface area contributed by atoms with Crippen LogP contribution in [-0.4, -0.2) is 25.1 Å². The SMILES string of the molecule is CCc1cc(CNC)cc(N2CCCCCC2)n1. The van der Waals surface area contributed by atoms with E-state index in [2.05, 4.69) is 29.3 Å². The Morgan fingerprint density at radius 2 is 1.89 bits per heavy atom. The molecule has 1 aliphatic rings. The van der Waals surface area contributed by atoms with Crippen LogP contribution in [0.2, 0.25) is 0 Å². The first-order valence-corrected chi connectivity index (χ1v) is 7.23. The normalized spacial score (nSPS) is 16.7. The third kappa shape index (κ3) is 3.45. The summed E-state index contributed by atoms with van der Waals surface area (Å²) in [5.41, 5.74) is 2.56. The van der Waals surface area contributed by atoms with Crippen molar-refractivity contribution in [2.24, 2.45) is 0 Å². The van der Waals surface area contributed by atoms with Gasteiger partial charge in [0.25, 0.3) is 0 Å². The zero-order valence-corrected chi connectivity index (χ0v) is 11.7. The van der Waals surface area contributed by atoms with Crippen LogP contribution in [0.15, 0.2) is 12.1 Å². The van der Waals surface area contributed by atoms with E-state index in [0.717, 1.165) is 13.0 Å². The van der Waals surface area contributed by atoms with Gasteiger partial charge in [-0.3, -0.25) is 0 Å². The first kappa shape index (κ1) is 13.3. The van der Waals surface area contributed by atoms with Crippen LogP contribution in [0, 0.1) is 0 Å². The Bertz CT molecular complexity index is 368. The first-order valence-electron chi connectivity index (χ1n) is 7.23. The van der Waals surface area contributed by atoms with Crippen LogP contribution < -0.4 is 10.2 Å². The second-order valence-corrected chi connectivity index (χ2v) is 5.11. The Morgan fingerprint density at radius 3 is 2.50 bits per heavy atom. The Kier molecular flexibility index (Phi) is 5.00. The van der Waals surface area contributed by atoms with Crippen molar-refractivity contribution in [1.82, 2.24) is 10.3 Å². The van der Waals surface area contributed by atoms with Gasteiger partial charge < -0.3 is 10.2 Å². The summed E-state index contributed by atoms with van der Waals surface area (Å²) in [7, 11) is 2.00. The molecule has 0 aromatic carbocycles. The molecule has 0 radical (unpaired) electrons. The van der Waals surface area contributed by atoms with Crippen molar-refractivity contribution < 1.29 is 0 Å². The van der Waals surface area contributed by atoms with Gasteiger partial charge in [0.15, 0.2) is 0 Å². The lowest BCUT2D eigenvalue weighted by atomic mass is 10.2. The van der Waals surface area contributed by atoms with Gasteiger partial charge in [0, 0.05) is 25.3 Å². The third-order valence-corrected chi connectivity index (χ3v) is 3.60. The molecule has 1 aliphatic heterocycles. The molecule has 100 valence electrons. The fourth-order valence-electron chi connectivity index (χ4n) is 2.58. The summed E-state index contributed by atoms with van der Waals surface area (Å²) >= 11 is 0. The van der Waals surface area contributed by atoms with Crippen molar-refractivity contribution in [2.75, 3.05) is 25.0 Å². The highest BCUT2D eigenvalue weighted by Gasteiger charge is 2.12. The van der Waals surface area contributed by atoms with Crippen molar-refractivity contribution in [2.45, 2.75) is 45.6 Å². The lowest BCUT2D eigenvalue weighted by molar-refractivity contribution is 0.726. The molecule has 1 aromatic heterocycles. The molecule has 0 saturated carbocycles. The van der Waals surface area contributed by atoms with Crippen LogP contribution in [0.4, 0.5) is 5.82 Å². The van der Waals surface area contributed by atoms with E-state index in [4.69, 9.17) is 4.98 Å². The van der Waals surface area contributed by atoms with E-state index < -0.39 is 0 Å². The maximum absolute atomic E-state index is 4.80. The van der Waals surface area contributed by atoms with Gasteiger partial charge in [-0.1, -0.05) is 19.8 Å². The molecular weight excluding hydrogens is 222 g/mol. The summed E-state index contributed by atoms with van der Waals surface area (Å²) in [5, 5.41) is 3.23. The van der Waals surface area contributed by atoms with Crippen LogP contribution in [0.25, 0.3) is 0 Å². The Labute approximate surface area is 111 Å². The number of anilines is 1. The molecule has 2 heterocycles. The maximum Gasteiger partial charge on any atom is 0.129 e. The minimum Gasteiger partial charge on any atom is -0.357 e. The molecule has 0 amide bonds. The highest BCUT2D eigenvalue weighted by atomic mass is 15.2. The van der Waals surface area contributed by atoms with Gasteiger partial charge in [-0.15, -0.1) is 0 Å². The second-order valence-electron chi connectivity index (χ2n) is 5.11. The molecule has 1 fully saturated rings. The second kappa shape index (κ2) is 6.74. The van der Waals surface area contributed by atoms with Gasteiger partial charge in [-0.2, -0.15) is 0 Å². The third-order valence-electron chi connectivity index (χ3n) is 3.60. The number of nitrogens with zero attached hydrogens (tertiary/aromatic N) is 2. The molecule has 0 spiro atoms. The van der Waals surface area contributed by atoms with Crippen molar-refractivity contribution in [1.29, 1.82) is 0 Å². The number of nitrogens with one attached hydrogen (secondary N) is 1. The predicted molar refractivity (Wildman–Crippen MR) is 77.1 cm³/mol. The molecule has 1 aromatic rings. The fraction of sp³-hybridized carbons (Fsp3) is 0.667. The first-order chi connectivity index (χ1) is 8.83. The Balaban J connectivity index is 2.21. The molecule has 0 unspecified atom stereocenters. The molecular formula is C15H25N3. The van der Waals surface area contributed by atoms with Gasteiger partial charge in [-0.25, -0.2) is 4.98 Å². The Morgan fingerprint density at radius 1 is 1.17 bits per heavy atom. The molecule has 3 heteroatoms. The summed E-state index contributed by atoms with van der Waals surface area (Å²) in [6.07, 6.45) is 6.36. The lowest BCUT2D eigenvalue weighted by Crippen LogP contribution is -2.25. The minimum absolute atomic E-state index is 0.927. The van der Waals surface area contributed by atoms with Crippen LogP contribution >= 0.6 is 0 Å². The Hall–Kier alpha value is -1.09. The van der Waals surface area contributed by atoms with Crippen LogP contribution in [0.3, 0.4) is 0 Å². The van der Waals surface area contributed by atoms with Crippen molar-refractivity contribution in [3.63, 3.8) is 0 Å². The maximum atomic E-state index is 4.80. The number of hydrogen-bond acceptors (Lipinski definition) is 3. The zero-order valence-electron chi connectivity index (χ0n) is 11.7. The molecule has 0 atom stereocenters. The van der Waals surface area contributed by atoms with E-state index in [-0.39, 0.29) is 0 Å². The predicted octanol–water partition coefficient (Wildman–Crippen LogP) is 2.74. The molecule has 0 bridgehead atoms. The van der Waals surface area contributed by atoms with Gasteiger partial charge in [0.2, 0.25) is 0 Å². The van der Waals surface area contributed by atoms with Gasteiger partial charge in [0.05, 0.1) is 0 Å². The van der Waals surface area contributed by atoms with Gasteiger partial charge in [0.1, 0.15) is 5.82 Å². The smallest absolute Gasteiger partial charge is 0.129 e. The molecule has 0 aliphatic carbocycles. The van der Waals surface area contributed by atoms with E-state index in [9.17, 15) is 0 Å². The molecule has 1 saturated heterocycles. The minimum atomic E-state index is 0.927. The number of hydrogen-bond donors (Lipinski definition) is 1. The van der Waals surface area contributed by atoms with Crippen LogP contribution in [0.5, 0.6) is 0 Å². The highest BCUT2D eigenvalue weighted by molar-refractivity contribution is 5.43. The van der Waals surface area contributed by atoms with E-state index in [1.54, 1.807) is 0 Å². The standard InChI is InChI=1S/C15H25N3/c1-3-14-10-13(12-16-2)11-15(17-14)18-8-6-4-5-7-9-18/h10-11,16H,3-9,12H2,1-2H3. The van der Waals surface area contributed by atoms with E-state index in [1.807, 2.05) is 7.05 Å². The van der Waals surface area contributed by atoms with Crippen molar-refractivity contribution >= 4 is 5.82 Å². The fourth-order valence-corrected chi connectivity index (χ4v) is 2.58. The van der Waals surface area contributed by atoms with E-state index in [0.29, 0.717) is 0 Å². The van der Waals surface area contributed by atoms with E-state index in [1.165, 1.54) is 55.8 Å². The lowest BCUT2D eigenvalue weighted by Gasteiger charge is -2.22. The van der Waals surface area contributed by atoms with E-state index >= 15 is 0 Å². The topological polar surface area (TPSA) is 28.2 Å². The van der Waals surface area contributed by atoms with Crippen LogP contribution in [0.1, 0.15) is 43.9 Å². The monoisotopic (exact) mass is 247 g/mol. The summed E-state index contributed by atoms with van der Waals surface area (Å²) in [4.78, 5) is 7.26. The number of rotatable bonds is 4. The summed E-state index contributed by atoms with van der Waals surface area (Å²) in [6.45, 7) is 5.44. The van der Waals surface area contributed by atoms with Crippen LogP contribution in [-0.2, 0) is 13.0 Å². The van der Waals surface area contributed by atoms with Crippen molar-refractivity contribution in [3.05, 3.63) is 23.4 Å². The summed E-state index contributed by atoms with van der Waals surface area (Å²) < 4.78 is 0. The average Bonchev–Trinajstić information content (AvgIpc) is 2.67. The average molecular weight is 247 g/mol. The molecule has 3 nitrogen and oxygen atoms in total. The quantitative estimate of drug-likeness (QED) is 0.886. The zero-order chi connectivity index (χ0) is 12.8. The van der Waals surface area contributed by atoms with Gasteiger partial charge in [-0.05, 0) is 44.0 Å². The summed E-state index contributed by atoms with van der Waals surface area (Å²) in [6, 6.07) is 4.47. The van der Waals surface area contributed by atoms with Crippen molar-refractivity contribution in [3.8, 4) is 0 Å². The van der Waals surface area contributed by atoms with Gasteiger partial charge >= 0.3 is 0 Å². The largest absolute Gasteiger partial charge is 0.357 e. The molecule has 18 heavy (non-hydrogen) atoms. The summed E-state index contributed by atoms with van der Waals surface area (Å²) in [5.74, 6) is 1.18. The molecule has 2 rings (SSSR count). The highest BCUT2D eigenvalue weighted by Crippen LogP contribution is 2.20.